The average molecular weight is 467 g/mol. The number of nitrogens with zero attached hydrogens (tertiary/aromatic N) is 1. The third kappa shape index (κ3) is 4.93. The van der Waals surface area contributed by atoms with Gasteiger partial charge >= 0.3 is 12.1 Å². The zero-order valence-corrected chi connectivity index (χ0v) is 20.3. The fourth-order valence-electron chi connectivity index (χ4n) is 4.68. The monoisotopic (exact) mass is 466 g/mol. The molecule has 0 saturated carbocycles. The number of nitrogens with one attached hydrogen (secondary N) is 1. The lowest BCUT2D eigenvalue weighted by Crippen LogP contribution is -2.61. The molecule has 1 atom stereocenters. The van der Waals surface area contributed by atoms with Crippen molar-refractivity contribution < 1.29 is 24.2 Å². The van der Waals surface area contributed by atoms with Crippen LogP contribution in [0.2, 0.25) is 0 Å². The molecular formula is C27H34N2O5. The van der Waals surface area contributed by atoms with Gasteiger partial charge in [0.15, 0.2) is 0 Å². The zero-order valence-electron chi connectivity index (χ0n) is 20.3. The van der Waals surface area contributed by atoms with Crippen LogP contribution in [0.5, 0.6) is 0 Å². The molecule has 1 unspecified atom stereocenters. The molecule has 1 aliphatic carbocycles. The summed E-state index contributed by atoms with van der Waals surface area (Å²) in [4.78, 5) is 39.1. The van der Waals surface area contributed by atoms with Crippen molar-refractivity contribution in [2.24, 2.45) is 0 Å². The van der Waals surface area contributed by atoms with E-state index in [9.17, 15) is 19.5 Å². The number of ether oxygens (including phenoxy) is 1. The van der Waals surface area contributed by atoms with Crippen LogP contribution >= 0.6 is 0 Å². The fourth-order valence-corrected chi connectivity index (χ4v) is 4.68. The van der Waals surface area contributed by atoms with Crippen molar-refractivity contribution in [1.29, 1.82) is 0 Å². The minimum absolute atomic E-state index is 0.0878. The highest BCUT2D eigenvalue weighted by molar-refractivity contribution is 5.92. The van der Waals surface area contributed by atoms with Gasteiger partial charge in [-0.15, -0.1) is 0 Å². The Hall–Kier alpha value is -3.35. The number of carbonyl (C=O) groups is 3. The smallest absolute Gasteiger partial charge is 0.408 e. The van der Waals surface area contributed by atoms with E-state index in [-0.39, 0.29) is 18.6 Å². The molecule has 7 nitrogen and oxygen atoms in total. The minimum Gasteiger partial charge on any atom is -0.480 e. The van der Waals surface area contributed by atoms with Crippen molar-refractivity contribution in [3.05, 3.63) is 59.7 Å². The largest absolute Gasteiger partial charge is 0.480 e. The molecule has 0 fully saturated rings. The van der Waals surface area contributed by atoms with Crippen LogP contribution in [0.1, 0.15) is 64.0 Å². The van der Waals surface area contributed by atoms with Crippen LogP contribution in [0, 0.1) is 0 Å². The normalized spacial score (nSPS) is 13.5. The van der Waals surface area contributed by atoms with Crippen LogP contribution in [-0.4, -0.2) is 52.7 Å². The summed E-state index contributed by atoms with van der Waals surface area (Å²) in [5, 5.41) is 12.1. The molecule has 2 N–H and O–H groups in total. The maximum absolute atomic E-state index is 13.5. The van der Waals surface area contributed by atoms with Crippen LogP contribution in [0.3, 0.4) is 0 Å². The molecule has 0 spiro atoms. The Morgan fingerprint density at radius 1 is 1.00 bits per heavy atom. The molecule has 0 aromatic heterocycles. The second-order valence-electron chi connectivity index (χ2n) is 8.82. The van der Waals surface area contributed by atoms with E-state index in [0.29, 0.717) is 19.3 Å². The van der Waals surface area contributed by atoms with E-state index in [1.165, 1.54) is 4.90 Å². The highest BCUT2D eigenvalue weighted by atomic mass is 16.5. The van der Waals surface area contributed by atoms with Crippen molar-refractivity contribution >= 4 is 18.0 Å². The minimum atomic E-state index is -1.23. The van der Waals surface area contributed by atoms with Gasteiger partial charge in [0.1, 0.15) is 18.7 Å². The SMILES string of the molecule is CCC(C)N(CC(=O)O)C(=O)C(CC)(CC)NC(=O)OCC1c2ccccc2-c2ccccc21. The topological polar surface area (TPSA) is 95.9 Å². The number of hydrogen-bond acceptors (Lipinski definition) is 4. The Morgan fingerprint density at radius 2 is 1.53 bits per heavy atom. The van der Waals surface area contributed by atoms with Crippen molar-refractivity contribution in [3.8, 4) is 11.1 Å². The van der Waals surface area contributed by atoms with Crippen LogP contribution in [0.25, 0.3) is 11.1 Å². The summed E-state index contributed by atoms with van der Waals surface area (Å²) in [6.45, 7) is 7.04. The highest BCUT2D eigenvalue weighted by Crippen LogP contribution is 2.44. The quantitative estimate of drug-likeness (QED) is 0.525. The molecule has 1 aliphatic rings. The predicted octanol–water partition coefficient (Wildman–Crippen LogP) is 4.80. The van der Waals surface area contributed by atoms with Crippen molar-refractivity contribution in [2.75, 3.05) is 13.2 Å². The van der Waals surface area contributed by atoms with Gasteiger partial charge in [-0.2, -0.15) is 0 Å². The second-order valence-corrected chi connectivity index (χ2v) is 8.82. The Bertz CT molecular complexity index is 1000. The van der Waals surface area contributed by atoms with Gasteiger partial charge in [-0.1, -0.05) is 69.3 Å². The van der Waals surface area contributed by atoms with Crippen LogP contribution in [0.15, 0.2) is 48.5 Å². The van der Waals surface area contributed by atoms with E-state index >= 15 is 0 Å². The first-order valence-corrected chi connectivity index (χ1v) is 11.9. The summed E-state index contributed by atoms with van der Waals surface area (Å²) in [6.07, 6.45) is 0.560. The number of carboxylic acid groups (broad SMARTS) is 1. The average Bonchev–Trinajstić information content (AvgIpc) is 3.17. The number of carbonyl (C=O) groups excluding carboxylic acids is 2. The van der Waals surface area contributed by atoms with E-state index in [0.717, 1.165) is 22.3 Å². The van der Waals surface area contributed by atoms with E-state index < -0.39 is 30.1 Å². The molecule has 0 saturated heterocycles. The standard InChI is InChI=1S/C27H34N2O5/c1-5-18(4)29(16-24(30)31)25(32)27(6-2,7-3)28-26(33)34-17-23-21-14-10-8-12-19(21)20-13-9-11-15-22(20)23/h8-15,18,23H,5-7,16-17H2,1-4H3,(H,28,33)(H,30,31). The first kappa shape index (κ1) is 25.3. The number of aliphatic carboxylic acids is 1. The van der Waals surface area contributed by atoms with Crippen LogP contribution < -0.4 is 5.32 Å². The Labute approximate surface area is 201 Å². The summed E-state index contributed by atoms with van der Waals surface area (Å²) >= 11 is 0. The number of rotatable bonds is 10. The van der Waals surface area contributed by atoms with Gasteiger partial charge in [-0.25, -0.2) is 4.79 Å². The van der Waals surface area contributed by atoms with Gasteiger partial charge in [-0.05, 0) is 48.4 Å². The Balaban J connectivity index is 1.77. The third-order valence-corrected chi connectivity index (χ3v) is 6.99. The Kier molecular flexibility index (Phi) is 7.97. The van der Waals surface area contributed by atoms with Crippen molar-refractivity contribution in [2.45, 2.75) is 64.5 Å². The number of hydrogen-bond donors (Lipinski definition) is 2. The van der Waals surface area contributed by atoms with E-state index in [1.54, 1.807) is 13.8 Å². The zero-order chi connectivity index (χ0) is 24.9. The fraction of sp³-hybridized carbons (Fsp3) is 0.444. The lowest BCUT2D eigenvalue weighted by Gasteiger charge is -2.38. The van der Waals surface area contributed by atoms with E-state index in [2.05, 4.69) is 17.4 Å². The van der Waals surface area contributed by atoms with Gasteiger partial charge in [0.2, 0.25) is 5.91 Å². The Morgan fingerprint density at radius 3 is 2.00 bits per heavy atom. The van der Waals surface area contributed by atoms with Crippen LogP contribution in [-0.2, 0) is 14.3 Å². The van der Waals surface area contributed by atoms with E-state index in [1.807, 2.05) is 50.2 Å². The first-order chi connectivity index (χ1) is 16.3. The summed E-state index contributed by atoms with van der Waals surface area (Å²) < 4.78 is 5.66. The van der Waals surface area contributed by atoms with Crippen molar-refractivity contribution in [3.63, 3.8) is 0 Å². The van der Waals surface area contributed by atoms with Gasteiger partial charge < -0.3 is 20.1 Å². The molecule has 182 valence electrons. The summed E-state index contributed by atoms with van der Waals surface area (Å²) in [5.41, 5.74) is 3.25. The lowest BCUT2D eigenvalue weighted by atomic mass is 9.90. The van der Waals surface area contributed by atoms with Gasteiger partial charge in [-0.3, -0.25) is 9.59 Å². The van der Waals surface area contributed by atoms with Crippen molar-refractivity contribution in [1.82, 2.24) is 10.2 Å². The molecule has 0 aliphatic heterocycles. The molecule has 0 heterocycles. The first-order valence-electron chi connectivity index (χ1n) is 11.9. The van der Waals surface area contributed by atoms with Gasteiger partial charge in [0.25, 0.3) is 0 Å². The second kappa shape index (κ2) is 10.7. The molecule has 3 rings (SSSR count). The molecule has 34 heavy (non-hydrogen) atoms. The number of fused-ring (bicyclic) bond motifs is 3. The number of amides is 2. The van der Waals surface area contributed by atoms with Gasteiger partial charge in [0.05, 0.1) is 0 Å². The summed E-state index contributed by atoms with van der Waals surface area (Å²) in [6, 6.07) is 15.9. The lowest BCUT2D eigenvalue weighted by molar-refractivity contribution is -0.149. The van der Waals surface area contributed by atoms with Crippen LogP contribution in [0.4, 0.5) is 4.79 Å². The molecule has 0 bridgehead atoms. The molecule has 2 aromatic rings. The molecule has 2 amide bonds. The molecule has 0 radical (unpaired) electrons. The molecule has 2 aromatic carbocycles. The number of alkyl carbamates (subject to hydrolysis) is 1. The third-order valence-electron chi connectivity index (χ3n) is 6.99. The van der Waals surface area contributed by atoms with Gasteiger partial charge in [0, 0.05) is 12.0 Å². The molecule has 7 heteroatoms. The van der Waals surface area contributed by atoms with E-state index in [4.69, 9.17) is 4.74 Å². The maximum atomic E-state index is 13.5. The summed E-state index contributed by atoms with van der Waals surface area (Å²) in [5.74, 6) is -1.58. The maximum Gasteiger partial charge on any atom is 0.408 e. The summed E-state index contributed by atoms with van der Waals surface area (Å²) in [7, 11) is 0. The highest BCUT2D eigenvalue weighted by Gasteiger charge is 2.42. The number of benzene rings is 2. The molecular weight excluding hydrogens is 432 g/mol. The predicted molar refractivity (Wildman–Crippen MR) is 131 cm³/mol. The number of carboxylic acids is 1.